The summed E-state index contributed by atoms with van der Waals surface area (Å²) in [4.78, 5) is 12.5. The largest absolute Gasteiger partial charge is 0.493 e. The summed E-state index contributed by atoms with van der Waals surface area (Å²) in [6, 6.07) is 3.24. The number of benzene rings is 1. The van der Waals surface area contributed by atoms with Gasteiger partial charge < -0.3 is 25.3 Å². The van der Waals surface area contributed by atoms with Gasteiger partial charge in [-0.05, 0) is 25.0 Å². The molecule has 0 aromatic heterocycles. The molecule has 0 heterocycles. The van der Waals surface area contributed by atoms with Gasteiger partial charge in [0.15, 0.2) is 11.5 Å². The number of carbonyl (C=O) groups excluding carboxylic acids is 1. The van der Waals surface area contributed by atoms with E-state index in [1.807, 2.05) is 20.8 Å². The van der Waals surface area contributed by atoms with Crippen molar-refractivity contribution in [2.75, 3.05) is 27.9 Å². The van der Waals surface area contributed by atoms with Crippen molar-refractivity contribution in [1.29, 1.82) is 0 Å². The second-order valence-corrected chi connectivity index (χ2v) is 5.64. The van der Waals surface area contributed by atoms with E-state index < -0.39 is 5.54 Å². The second kappa shape index (κ2) is 8.84. The number of hydrogen-bond donors (Lipinski definition) is 2. The van der Waals surface area contributed by atoms with E-state index in [-0.39, 0.29) is 24.2 Å². The summed E-state index contributed by atoms with van der Waals surface area (Å²) < 4.78 is 15.8. The third-order valence-corrected chi connectivity index (χ3v) is 4.02. The molecule has 0 bridgehead atoms. The van der Waals surface area contributed by atoms with Crippen molar-refractivity contribution in [3.05, 3.63) is 17.7 Å². The number of hydrogen-bond acceptors (Lipinski definition) is 5. The topological polar surface area (TPSA) is 82.8 Å². The zero-order valence-corrected chi connectivity index (χ0v) is 15.4. The SMILES string of the molecule is COc1cc(C(=O)NC(C)(CN)C(C)C)cc(OC)c1OC.Cl. The number of methoxy groups -OCH3 is 3. The van der Waals surface area contributed by atoms with E-state index in [0.717, 1.165) is 0 Å². The van der Waals surface area contributed by atoms with Crippen molar-refractivity contribution in [3.8, 4) is 17.2 Å². The average molecular weight is 347 g/mol. The van der Waals surface area contributed by atoms with Gasteiger partial charge in [-0.25, -0.2) is 0 Å². The lowest BCUT2D eigenvalue weighted by molar-refractivity contribution is 0.0882. The Kier molecular flexibility index (Phi) is 8.20. The Morgan fingerprint density at radius 3 is 1.96 bits per heavy atom. The number of amides is 1. The van der Waals surface area contributed by atoms with Crippen LogP contribution in [0.1, 0.15) is 31.1 Å². The molecule has 1 amide bonds. The van der Waals surface area contributed by atoms with Gasteiger partial charge in [-0.2, -0.15) is 0 Å². The molecular weight excluding hydrogens is 320 g/mol. The van der Waals surface area contributed by atoms with Crippen LogP contribution >= 0.6 is 12.4 Å². The second-order valence-electron chi connectivity index (χ2n) is 5.64. The summed E-state index contributed by atoms with van der Waals surface area (Å²) in [6.07, 6.45) is 0. The third kappa shape index (κ3) is 4.65. The molecule has 3 N–H and O–H groups in total. The highest BCUT2D eigenvalue weighted by molar-refractivity contribution is 5.96. The van der Waals surface area contributed by atoms with Crippen LogP contribution in [-0.2, 0) is 0 Å². The predicted molar refractivity (Wildman–Crippen MR) is 93.1 cm³/mol. The van der Waals surface area contributed by atoms with Gasteiger partial charge in [0.05, 0.1) is 26.9 Å². The van der Waals surface area contributed by atoms with E-state index in [2.05, 4.69) is 5.32 Å². The lowest BCUT2D eigenvalue weighted by Gasteiger charge is -2.33. The Balaban J connectivity index is 0.00000484. The summed E-state index contributed by atoms with van der Waals surface area (Å²) in [6.45, 7) is 6.30. The van der Waals surface area contributed by atoms with Crippen molar-refractivity contribution >= 4 is 18.3 Å². The van der Waals surface area contributed by atoms with Gasteiger partial charge in [0, 0.05) is 12.1 Å². The minimum Gasteiger partial charge on any atom is -0.493 e. The third-order valence-electron chi connectivity index (χ3n) is 4.02. The highest BCUT2D eigenvalue weighted by Gasteiger charge is 2.29. The molecule has 0 aliphatic rings. The molecule has 23 heavy (non-hydrogen) atoms. The van der Waals surface area contributed by atoms with E-state index in [9.17, 15) is 4.79 Å². The van der Waals surface area contributed by atoms with Gasteiger partial charge in [0.1, 0.15) is 0 Å². The molecule has 0 radical (unpaired) electrons. The molecule has 7 heteroatoms. The van der Waals surface area contributed by atoms with Crippen LogP contribution in [0, 0.1) is 5.92 Å². The highest BCUT2D eigenvalue weighted by Crippen LogP contribution is 2.38. The first-order valence-electron chi connectivity index (χ1n) is 7.15. The number of nitrogens with one attached hydrogen (secondary N) is 1. The van der Waals surface area contributed by atoms with Crippen molar-refractivity contribution < 1.29 is 19.0 Å². The Morgan fingerprint density at radius 2 is 1.65 bits per heavy atom. The number of nitrogens with two attached hydrogens (primary N) is 1. The fourth-order valence-corrected chi connectivity index (χ4v) is 1.97. The van der Waals surface area contributed by atoms with Crippen molar-refractivity contribution in [3.63, 3.8) is 0 Å². The van der Waals surface area contributed by atoms with Gasteiger partial charge in [-0.15, -0.1) is 12.4 Å². The first-order valence-corrected chi connectivity index (χ1v) is 7.15. The number of halogens is 1. The maximum Gasteiger partial charge on any atom is 0.252 e. The van der Waals surface area contributed by atoms with E-state index >= 15 is 0 Å². The van der Waals surface area contributed by atoms with Crippen molar-refractivity contribution in [2.45, 2.75) is 26.3 Å². The van der Waals surface area contributed by atoms with Crippen LogP contribution in [0.25, 0.3) is 0 Å². The van der Waals surface area contributed by atoms with E-state index in [0.29, 0.717) is 29.4 Å². The number of rotatable bonds is 7. The zero-order valence-electron chi connectivity index (χ0n) is 14.6. The van der Waals surface area contributed by atoms with E-state index in [1.165, 1.54) is 21.3 Å². The highest BCUT2D eigenvalue weighted by atomic mass is 35.5. The standard InChI is InChI=1S/C16H26N2O4.ClH/c1-10(2)16(3,9-17)18-15(19)11-7-12(20-4)14(22-6)13(8-11)21-5;/h7-8,10H,9,17H2,1-6H3,(H,18,19);1H. The molecule has 1 atom stereocenters. The molecule has 132 valence electrons. The molecule has 0 spiro atoms. The summed E-state index contributed by atoms with van der Waals surface area (Å²) in [5.41, 5.74) is 5.75. The minimum absolute atomic E-state index is 0. The molecule has 1 aromatic rings. The molecule has 6 nitrogen and oxygen atoms in total. The molecule has 0 saturated carbocycles. The maximum atomic E-state index is 12.5. The average Bonchev–Trinajstić information content (AvgIpc) is 2.52. The number of carbonyl (C=O) groups is 1. The molecular formula is C16H27ClN2O4. The Labute approximate surface area is 144 Å². The van der Waals surface area contributed by atoms with Crippen LogP contribution in [0.15, 0.2) is 12.1 Å². The summed E-state index contributed by atoms with van der Waals surface area (Å²) >= 11 is 0. The molecule has 0 saturated heterocycles. The van der Waals surface area contributed by atoms with Gasteiger partial charge >= 0.3 is 0 Å². The lowest BCUT2D eigenvalue weighted by Crippen LogP contribution is -2.55. The normalized spacial score (nSPS) is 12.9. The van der Waals surface area contributed by atoms with Gasteiger partial charge in [-0.3, -0.25) is 4.79 Å². The molecule has 0 fully saturated rings. The van der Waals surface area contributed by atoms with Crippen molar-refractivity contribution in [2.24, 2.45) is 11.7 Å². The Bertz CT molecular complexity index is 512. The van der Waals surface area contributed by atoms with Gasteiger partial charge in [0.2, 0.25) is 5.75 Å². The van der Waals surface area contributed by atoms with Crippen LogP contribution < -0.4 is 25.3 Å². The monoisotopic (exact) mass is 346 g/mol. The molecule has 1 unspecified atom stereocenters. The molecule has 1 aromatic carbocycles. The van der Waals surface area contributed by atoms with Crippen LogP contribution in [0.2, 0.25) is 0 Å². The van der Waals surface area contributed by atoms with Gasteiger partial charge in [-0.1, -0.05) is 13.8 Å². The van der Waals surface area contributed by atoms with E-state index in [1.54, 1.807) is 12.1 Å². The molecule has 0 aliphatic carbocycles. The molecule has 0 aliphatic heterocycles. The Hall–Kier alpha value is -1.66. The lowest BCUT2D eigenvalue weighted by atomic mass is 9.88. The smallest absolute Gasteiger partial charge is 0.252 e. The first-order chi connectivity index (χ1) is 10.3. The Morgan fingerprint density at radius 1 is 1.17 bits per heavy atom. The zero-order chi connectivity index (χ0) is 16.9. The predicted octanol–water partition coefficient (Wildman–Crippen LogP) is 2.24. The fourth-order valence-electron chi connectivity index (χ4n) is 1.97. The van der Waals surface area contributed by atoms with Crippen LogP contribution in [0.3, 0.4) is 0 Å². The van der Waals surface area contributed by atoms with Crippen LogP contribution in [-0.4, -0.2) is 39.3 Å². The van der Waals surface area contributed by atoms with Crippen LogP contribution in [0.5, 0.6) is 17.2 Å². The van der Waals surface area contributed by atoms with E-state index in [4.69, 9.17) is 19.9 Å². The summed E-state index contributed by atoms with van der Waals surface area (Å²) in [7, 11) is 4.54. The van der Waals surface area contributed by atoms with Crippen molar-refractivity contribution in [1.82, 2.24) is 5.32 Å². The fraction of sp³-hybridized carbons (Fsp3) is 0.562. The first kappa shape index (κ1) is 21.3. The molecule has 1 rings (SSSR count). The van der Waals surface area contributed by atoms with Crippen LogP contribution in [0.4, 0.5) is 0 Å². The summed E-state index contributed by atoms with van der Waals surface area (Å²) in [5, 5.41) is 2.98. The maximum absolute atomic E-state index is 12.5. The minimum atomic E-state index is -0.489. The summed E-state index contributed by atoms with van der Waals surface area (Å²) in [5.74, 6) is 1.29. The number of ether oxygens (including phenoxy) is 3. The quantitative estimate of drug-likeness (QED) is 0.791. The van der Waals surface area contributed by atoms with Gasteiger partial charge in [0.25, 0.3) is 5.91 Å².